The standard InChI is InChI=1S/C22H28N2O/c1-17(14-22(2,3)4)23-12-6-8-18-10-11-21(24-15-18)20-9-5-7-19(13-20)16-25/h5-11,13,15,23,25H,1,12,14,16H2,2-4H3/b8-6+. The minimum Gasteiger partial charge on any atom is -0.392 e. The third kappa shape index (κ3) is 6.55. The number of allylic oxidation sites excluding steroid dienone is 1. The smallest absolute Gasteiger partial charge is 0.0702 e. The Hall–Kier alpha value is -2.39. The molecule has 2 aromatic rings. The quantitative estimate of drug-likeness (QED) is 0.764. The van der Waals surface area contributed by atoms with Crippen LogP contribution in [0.3, 0.4) is 0 Å². The Morgan fingerprint density at radius 2 is 2.04 bits per heavy atom. The first kappa shape index (κ1) is 18.9. The van der Waals surface area contributed by atoms with Gasteiger partial charge in [0, 0.05) is 24.0 Å². The molecule has 3 heteroatoms. The number of rotatable bonds is 7. The molecule has 1 aromatic carbocycles. The van der Waals surface area contributed by atoms with Crippen LogP contribution in [0, 0.1) is 5.41 Å². The van der Waals surface area contributed by atoms with Crippen molar-refractivity contribution in [1.82, 2.24) is 10.3 Å². The van der Waals surface area contributed by atoms with E-state index in [1.165, 1.54) is 0 Å². The first-order valence-electron chi connectivity index (χ1n) is 8.62. The predicted molar refractivity (Wildman–Crippen MR) is 106 cm³/mol. The molecule has 2 rings (SSSR count). The average molecular weight is 336 g/mol. The van der Waals surface area contributed by atoms with Gasteiger partial charge in [0.2, 0.25) is 0 Å². The number of pyridine rings is 1. The lowest BCUT2D eigenvalue weighted by molar-refractivity contribution is 0.282. The summed E-state index contributed by atoms with van der Waals surface area (Å²) in [6.45, 7) is 11.5. The number of hydrogen-bond donors (Lipinski definition) is 2. The molecule has 1 aromatic heterocycles. The van der Waals surface area contributed by atoms with Gasteiger partial charge in [-0.2, -0.15) is 0 Å². The summed E-state index contributed by atoms with van der Waals surface area (Å²) in [6.07, 6.45) is 6.96. The van der Waals surface area contributed by atoms with E-state index in [0.717, 1.165) is 41.0 Å². The van der Waals surface area contributed by atoms with Gasteiger partial charge in [-0.15, -0.1) is 0 Å². The van der Waals surface area contributed by atoms with Gasteiger partial charge < -0.3 is 10.4 Å². The summed E-state index contributed by atoms with van der Waals surface area (Å²) in [5.41, 5.74) is 5.19. The van der Waals surface area contributed by atoms with E-state index in [1.54, 1.807) is 0 Å². The summed E-state index contributed by atoms with van der Waals surface area (Å²) in [6, 6.07) is 11.9. The first-order valence-corrected chi connectivity index (χ1v) is 8.62. The molecule has 0 aliphatic rings. The van der Waals surface area contributed by atoms with Crippen molar-refractivity contribution in [2.75, 3.05) is 6.54 Å². The number of nitrogens with one attached hydrogen (secondary N) is 1. The van der Waals surface area contributed by atoms with Crippen LogP contribution >= 0.6 is 0 Å². The van der Waals surface area contributed by atoms with Gasteiger partial charge in [0.25, 0.3) is 0 Å². The third-order valence-corrected chi connectivity index (χ3v) is 3.72. The van der Waals surface area contributed by atoms with E-state index in [9.17, 15) is 5.11 Å². The molecule has 0 radical (unpaired) electrons. The molecule has 1 heterocycles. The van der Waals surface area contributed by atoms with Crippen molar-refractivity contribution in [3.63, 3.8) is 0 Å². The Balaban J connectivity index is 1.90. The normalized spacial score (nSPS) is 11.7. The van der Waals surface area contributed by atoms with Gasteiger partial charge in [-0.3, -0.25) is 4.98 Å². The molecule has 0 bridgehead atoms. The second-order valence-electron chi connectivity index (χ2n) is 7.46. The summed E-state index contributed by atoms with van der Waals surface area (Å²) in [5, 5.41) is 12.6. The Kier molecular flexibility index (Phi) is 6.54. The highest BCUT2D eigenvalue weighted by Gasteiger charge is 2.11. The van der Waals surface area contributed by atoms with Crippen molar-refractivity contribution in [3.05, 3.63) is 72.1 Å². The van der Waals surface area contributed by atoms with Crippen LogP contribution in [0.4, 0.5) is 0 Å². The zero-order valence-corrected chi connectivity index (χ0v) is 15.4. The fourth-order valence-electron chi connectivity index (χ4n) is 2.60. The van der Waals surface area contributed by atoms with E-state index in [1.807, 2.05) is 36.5 Å². The molecule has 0 amide bonds. The first-order chi connectivity index (χ1) is 11.9. The topological polar surface area (TPSA) is 45.1 Å². The molecule has 132 valence electrons. The number of aliphatic hydroxyl groups is 1. The van der Waals surface area contributed by atoms with Crippen LogP contribution in [0.1, 0.15) is 38.3 Å². The molecule has 0 atom stereocenters. The Labute approximate surface area is 151 Å². The molecule has 0 spiro atoms. The van der Waals surface area contributed by atoms with Crippen LogP contribution in [0.5, 0.6) is 0 Å². The third-order valence-electron chi connectivity index (χ3n) is 3.72. The number of nitrogens with zero attached hydrogens (tertiary/aromatic N) is 1. The molecule has 0 unspecified atom stereocenters. The molecule has 2 N–H and O–H groups in total. The monoisotopic (exact) mass is 336 g/mol. The van der Waals surface area contributed by atoms with Crippen LogP contribution in [0.2, 0.25) is 0 Å². The van der Waals surface area contributed by atoms with Gasteiger partial charge in [-0.05, 0) is 35.1 Å². The number of aliphatic hydroxyl groups excluding tert-OH is 1. The lowest BCUT2D eigenvalue weighted by Crippen LogP contribution is -2.17. The van der Waals surface area contributed by atoms with Crippen molar-refractivity contribution in [2.45, 2.75) is 33.8 Å². The predicted octanol–water partition coefficient (Wildman–Crippen LogP) is 4.79. The molecule has 0 saturated heterocycles. The second-order valence-corrected chi connectivity index (χ2v) is 7.46. The van der Waals surface area contributed by atoms with Crippen LogP contribution in [-0.4, -0.2) is 16.6 Å². The lowest BCUT2D eigenvalue weighted by atomic mass is 9.91. The highest BCUT2D eigenvalue weighted by Crippen LogP contribution is 2.21. The van der Waals surface area contributed by atoms with Gasteiger partial charge >= 0.3 is 0 Å². The molecule has 3 nitrogen and oxygen atoms in total. The number of benzene rings is 1. The zero-order valence-electron chi connectivity index (χ0n) is 15.4. The minimum absolute atomic E-state index is 0.0438. The largest absolute Gasteiger partial charge is 0.392 e. The van der Waals surface area contributed by atoms with Gasteiger partial charge in [-0.1, -0.05) is 63.8 Å². The van der Waals surface area contributed by atoms with Crippen molar-refractivity contribution in [1.29, 1.82) is 0 Å². The number of aromatic nitrogens is 1. The van der Waals surface area contributed by atoms with E-state index in [4.69, 9.17) is 0 Å². The van der Waals surface area contributed by atoms with Crippen LogP contribution in [0.25, 0.3) is 17.3 Å². The van der Waals surface area contributed by atoms with Crippen LogP contribution < -0.4 is 5.32 Å². The van der Waals surface area contributed by atoms with Crippen LogP contribution in [0.15, 0.2) is 60.9 Å². The van der Waals surface area contributed by atoms with Crippen molar-refractivity contribution in [2.24, 2.45) is 5.41 Å². The van der Waals surface area contributed by atoms with E-state index in [-0.39, 0.29) is 12.0 Å². The van der Waals surface area contributed by atoms with Crippen molar-refractivity contribution >= 4 is 6.08 Å². The molecule has 0 fully saturated rings. The van der Waals surface area contributed by atoms with Gasteiger partial charge in [0.15, 0.2) is 0 Å². The van der Waals surface area contributed by atoms with Crippen LogP contribution in [-0.2, 0) is 6.61 Å². The maximum absolute atomic E-state index is 9.23. The lowest BCUT2D eigenvalue weighted by Gasteiger charge is -2.20. The molecule has 25 heavy (non-hydrogen) atoms. The van der Waals surface area contributed by atoms with Gasteiger partial charge in [0.1, 0.15) is 0 Å². The summed E-state index contributed by atoms with van der Waals surface area (Å²) >= 11 is 0. The fourth-order valence-corrected chi connectivity index (χ4v) is 2.60. The second kappa shape index (κ2) is 8.63. The molecule has 0 aliphatic carbocycles. The summed E-state index contributed by atoms with van der Waals surface area (Å²) in [4.78, 5) is 4.52. The Morgan fingerprint density at radius 3 is 2.68 bits per heavy atom. The number of hydrogen-bond acceptors (Lipinski definition) is 3. The summed E-state index contributed by atoms with van der Waals surface area (Å²) in [5.74, 6) is 0. The van der Waals surface area contributed by atoms with E-state index < -0.39 is 0 Å². The summed E-state index contributed by atoms with van der Waals surface area (Å²) in [7, 11) is 0. The van der Waals surface area contributed by atoms with E-state index >= 15 is 0 Å². The molecular weight excluding hydrogens is 308 g/mol. The van der Waals surface area contributed by atoms with Gasteiger partial charge in [0.05, 0.1) is 12.3 Å². The van der Waals surface area contributed by atoms with Crippen molar-refractivity contribution in [3.8, 4) is 11.3 Å². The summed E-state index contributed by atoms with van der Waals surface area (Å²) < 4.78 is 0. The zero-order chi connectivity index (χ0) is 18.3. The van der Waals surface area contributed by atoms with E-state index in [0.29, 0.717) is 0 Å². The highest BCUT2D eigenvalue weighted by atomic mass is 16.3. The van der Waals surface area contributed by atoms with Crippen molar-refractivity contribution < 1.29 is 5.11 Å². The highest BCUT2D eigenvalue weighted by molar-refractivity contribution is 5.61. The molecule has 0 saturated carbocycles. The van der Waals surface area contributed by atoms with E-state index in [2.05, 4.69) is 55.9 Å². The fraction of sp³-hybridized carbons (Fsp3) is 0.318. The Morgan fingerprint density at radius 1 is 1.24 bits per heavy atom. The SMILES string of the molecule is C=C(CC(C)(C)C)NC/C=C/c1ccc(-c2cccc(CO)c2)nc1. The minimum atomic E-state index is 0.0438. The average Bonchev–Trinajstić information content (AvgIpc) is 2.58. The maximum Gasteiger partial charge on any atom is 0.0702 e. The Bertz CT molecular complexity index is 724. The molecular formula is C22H28N2O. The van der Waals surface area contributed by atoms with Gasteiger partial charge in [-0.25, -0.2) is 0 Å². The molecule has 0 aliphatic heterocycles. The maximum atomic E-state index is 9.23.